The molecule has 1 aromatic carbocycles. The van der Waals surface area contributed by atoms with E-state index in [0.29, 0.717) is 12.1 Å². The minimum atomic E-state index is -0.172. The van der Waals surface area contributed by atoms with E-state index in [1.54, 1.807) is 6.07 Å². The van der Waals surface area contributed by atoms with Crippen LogP contribution in [0.2, 0.25) is 0 Å². The molecule has 0 saturated carbocycles. The lowest BCUT2D eigenvalue weighted by atomic mass is 10.0. The predicted molar refractivity (Wildman–Crippen MR) is 79.1 cm³/mol. The van der Waals surface area contributed by atoms with Gasteiger partial charge in [-0.3, -0.25) is 14.4 Å². The fourth-order valence-electron chi connectivity index (χ4n) is 2.52. The molecule has 5 nitrogen and oxygen atoms in total. The summed E-state index contributed by atoms with van der Waals surface area (Å²) in [4.78, 5) is 39.0. The van der Waals surface area contributed by atoms with Gasteiger partial charge in [0.2, 0.25) is 11.8 Å². The normalized spacial score (nSPS) is 15.6. The molecule has 0 aromatic heterocycles. The molecule has 112 valence electrons. The number of rotatable bonds is 4. The zero-order valence-corrected chi connectivity index (χ0v) is 12.7. The van der Waals surface area contributed by atoms with E-state index in [4.69, 9.17) is 0 Å². The summed E-state index contributed by atoms with van der Waals surface area (Å²) in [7, 11) is 0. The van der Waals surface area contributed by atoms with Crippen LogP contribution in [0.4, 0.5) is 0 Å². The number of hydrogen-bond acceptors (Lipinski definition) is 3. The second kappa shape index (κ2) is 6.08. The van der Waals surface area contributed by atoms with Gasteiger partial charge >= 0.3 is 0 Å². The maximum Gasteiger partial charge on any atom is 0.243 e. The summed E-state index contributed by atoms with van der Waals surface area (Å²) < 4.78 is 0. The molecule has 0 bridgehead atoms. The minimum absolute atomic E-state index is 0.0106. The van der Waals surface area contributed by atoms with Gasteiger partial charge in [-0.1, -0.05) is 23.8 Å². The number of amides is 2. The average Bonchev–Trinajstić information content (AvgIpc) is 2.42. The van der Waals surface area contributed by atoms with Crippen LogP contribution in [0.3, 0.4) is 0 Å². The van der Waals surface area contributed by atoms with Crippen molar-refractivity contribution in [3.05, 3.63) is 34.9 Å². The quantitative estimate of drug-likeness (QED) is 0.782. The van der Waals surface area contributed by atoms with Gasteiger partial charge in [-0.15, -0.1) is 0 Å². The Morgan fingerprint density at radius 2 is 1.71 bits per heavy atom. The van der Waals surface area contributed by atoms with Gasteiger partial charge < -0.3 is 9.80 Å². The van der Waals surface area contributed by atoms with Crippen molar-refractivity contribution in [1.29, 1.82) is 0 Å². The third-order valence-electron chi connectivity index (χ3n) is 3.76. The third kappa shape index (κ3) is 3.29. The number of carbonyl (C=O) groups is 3. The lowest BCUT2D eigenvalue weighted by molar-refractivity contribution is -0.149. The van der Waals surface area contributed by atoms with E-state index < -0.39 is 0 Å². The number of aryl methyl sites for hydroxylation is 2. The Labute approximate surface area is 124 Å². The first-order valence-corrected chi connectivity index (χ1v) is 7.08. The summed E-state index contributed by atoms with van der Waals surface area (Å²) in [6, 6.07) is 5.60. The maximum absolute atomic E-state index is 12.3. The van der Waals surface area contributed by atoms with Crippen LogP contribution >= 0.6 is 0 Å². The topological polar surface area (TPSA) is 57.7 Å². The monoisotopic (exact) mass is 288 g/mol. The molecular formula is C16H20N2O3. The van der Waals surface area contributed by atoms with Crippen LogP contribution in [0.25, 0.3) is 0 Å². The van der Waals surface area contributed by atoms with Gasteiger partial charge in [-0.2, -0.15) is 0 Å². The number of carbonyl (C=O) groups excluding carboxylic acids is 3. The van der Waals surface area contributed by atoms with Crippen LogP contribution in [-0.2, 0) is 9.59 Å². The number of ketones is 1. The molecule has 21 heavy (non-hydrogen) atoms. The molecule has 1 fully saturated rings. The Bertz CT molecular complexity index is 595. The van der Waals surface area contributed by atoms with Gasteiger partial charge in [0, 0.05) is 12.1 Å². The molecule has 2 rings (SSSR count). The molecule has 1 aliphatic heterocycles. The summed E-state index contributed by atoms with van der Waals surface area (Å²) >= 11 is 0. The summed E-state index contributed by atoms with van der Waals surface area (Å²) in [5, 5.41) is 0. The van der Waals surface area contributed by atoms with Crippen LogP contribution in [-0.4, -0.2) is 53.6 Å². The number of likely N-dealkylation sites (N-methyl/N-ethyl adjacent to an activating group) is 1. The van der Waals surface area contributed by atoms with E-state index >= 15 is 0 Å². The number of hydrogen-bond donors (Lipinski definition) is 0. The van der Waals surface area contributed by atoms with Gasteiger partial charge in [0.1, 0.15) is 6.54 Å². The summed E-state index contributed by atoms with van der Waals surface area (Å²) in [5.74, 6) is -0.404. The first kappa shape index (κ1) is 15.2. The molecule has 1 heterocycles. The van der Waals surface area contributed by atoms with Crippen LogP contribution in [0.5, 0.6) is 0 Å². The second-order valence-corrected chi connectivity index (χ2v) is 5.40. The van der Waals surface area contributed by atoms with E-state index in [1.165, 1.54) is 9.80 Å². The average molecular weight is 288 g/mol. The smallest absolute Gasteiger partial charge is 0.243 e. The molecular weight excluding hydrogens is 268 g/mol. The predicted octanol–water partition coefficient (Wildman–Crippen LogP) is 1.18. The maximum atomic E-state index is 12.3. The van der Waals surface area contributed by atoms with Gasteiger partial charge in [-0.25, -0.2) is 0 Å². The lowest BCUT2D eigenvalue weighted by Gasteiger charge is -2.32. The zero-order valence-electron chi connectivity index (χ0n) is 12.7. The molecule has 2 amide bonds. The fourth-order valence-corrected chi connectivity index (χ4v) is 2.52. The summed E-state index contributed by atoms with van der Waals surface area (Å²) in [6.07, 6.45) is 0. The van der Waals surface area contributed by atoms with Crippen molar-refractivity contribution in [2.75, 3.05) is 26.2 Å². The number of Topliss-reactive ketones (excluding diaryl/α,β-unsaturated/α-hetero) is 1. The number of piperazine rings is 1. The van der Waals surface area contributed by atoms with E-state index in [0.717, 1.165) is 11.1 Å². The van der Waals surface area contributed by atoms with Crippen molar-refractivity contribution in [1.82, 2.24) is 9.80 Å². The molecule has 0 spiro atoms. The van der Waals surface area contributed by atoms with Gasteiger partial charge in [0.25, 0.3) is 0 Å². The Hall–Kier alpha value is -2.17. The van der Waals surface area contributed by atoms with Crippen molar-refractivity contribution in [2.45, 2.75) is 20.8 Å². The first-order valence-electron chi connectivity index (χ1n) is 7.08. The molecule has 0 atom stereocenters. The van der Waals surface area contributed by atoms with Crippen molar-refractivity contribution >= 4 is 17.6 Å². The molecule has 0 N–H and O–H groups in total. The fraction of sp³-hybridized carbons (Fsp3) is 0.438. The van der Waals surface area contributed by atoms with Gasteiger partial charge in [0.05, 0.1) is 13.1 Å². The van der Waals surface area contributed by atoms with Gasteiger partial charge in [0.15, 0.2) is 5.78 Å². The van der Waals surface area contributed by atoms with Crippen molar-refractivity contribution < 1.29 is 14.4 Å². The SMILES string of the molecule is CCN1CC(=O)N(CC(=O)c2ccc(C)cc2C)CC1=O. The van der Waals surface area contributed by atoms with E-state index in [2.05, 4.69) is 0 Å². The van der Waals surface area contributed by atoms with E-state index in [-0.39, 0.29) is 37.2 Å². The third-order valence-corrected chi connectivity index (χ3v) is 3.76. The second-order valence-electron chi connectivity index (χ2n) is 5.40. The molecule has 1 aliphatic rings. The molecule has 0 radical (unpaired) electrons. The lowest BCUT2D eigenvalue weighted by Crippen LogP contribution is -2.54. The van der Waals surface area contributed by atoms with Crippen molar-refractivity contribution in [2.24, 2.45) is 0 Å². The Balaban J connectivity index is 2.09. The van der Waals surface area contributed by atoms with Crippen molar-refractivity contribution in [3.8, 4) is 0 Å². The molecule has 0 aliphatic carbocycles. The Morgan fingerprint density at radius 3 is 2.33 bits per heavy atom. The van der Waals surface area contributed by atoms with Crippen LogP contribution < -0.4 is 0 Å². The highest BCUT2D eigenvalue weighted by atomic mass is 16.2. The highest BCUT2D eigenvalue weighted by molar-refractivity contribution is 6.02. The summed E-state index contributed by atoms with van der Waals surface area (Å²) in [5.41, 5.74) is 2.59. The molecule has 1 aromatic rings. The first-order chi connectivity index (χ1) is 9.92. The Morgan fingerprint density at radius 1 is 1.10 bits per heavy atom. The summed E-state index contributed by atoms with van der Waals surface area (Å²) in [6.45, 7) is 6.21. The highest BCUT2D eigenvalue weighted by Gasteiger charge is 2.30. The van der Waals surface area contributed by atoms with Gasteiger partial charge in [-0.05, 0) is 26.3 Å². The zero-order chi connectivity index (χ0) is 15.6. The molecule has 1 saturated heterocycles. The largest absolute Gasteiger partial charge is 0.332 e. The van der Waals surface area contributed by atoms with Crippen LogP contribution in [0, 0.1) is 13.8 Å². The molecule has 5 heteroatoms. The minimum Gasteiger partial charge on any atom is -0.332 e. The van der Waals surface area contributed by atoms with Crippen LogP contribution in [0.15, 0.2) is 18.2 Å². The van der Waals surface area contributed by atoms with Crippen LogP contribution in [0.1, 0.15) is 28.4 Å². The molecule has 0 unspecified atom stereocenters. The Kier molecular flexibility index (Phi) is 4.40. The number of nitrogens with zero attached hydrogens (tertiary/aromatic N) is 2. The van der Waals surface area contributed by atoms with E-state index in [1.807, 2.05) is 32.9 Å². The van der Waals surface area contributed by atoms with E-state index in [9.17, 15) is 14.4 Å². The van der Waals surface area contributed by atoms with Crippen molar-refractivity contribution in [3.63, 3.8) is 0 Å². The highest BCUT2D eigenvalue weighted by Crippen LogP contribution is 2.13. The number of benzene rings is 1. The standard InChI is InChI=1S/C16H20N2O3/c1-4-17-9-16(21)18(10-15(17)20)8-14(19)13-6-5-11(2)7-12(13)3/h5-7H,4,8-10H2,1-3H3.